The van der Waals surface area contributed by atoms with E-state index in [-0.39, 0.29) is 11.9 Å². The summed E-state index contributed by atoms with van der Waals surface area (Å²) in [6, 6.07) is -0.556. The summed E-state index contributed by atoms with van der Waals surface area (Å²) >= 11 is 0. The predicted molar refractivity (Wildman–Crippen MR) is 80.5 cm³/mol. The Morgan fingerprint density at radius 3 is 2.62 bits per heavy atom. The Morgan fingerprint density at radius 2 is 2.05 bits per heavy atom. The van der Waals surface area contributed by atoms with Gasteiger partial charge in [-0.1, -0.05) is 19.9 Å². The van der Waals surface area contributed by atoms with Gasteiger partial charge in [-0.15, -0.1) is 0 Å². The molecular formula is C16H27NO4. The van der Waals surface area contributed by atoms with Gasteiger partial charge in [-0.25, -0.2) is 4.79 Å². The monoisotopic (exact) mass is 297 g/mol. The van der Waals surface area contributed by atoms with E-state index in [0.717, 1.165) is 6.42 Å². The Balaban J connectivity index is 2.85. The van der Waals surface area contributed by atoms with Gasteiger partial charge in [-0.05, 0) is 32.6 Å². The van der Waals surface area contributed by atoms with Gasteiger partial charge in [-0.2, -0.15) is 0 Å². The van der Waals surface area contributed by atoms with Crippen LogP contribution in [0, 0.1) is 5.92 Å². The molecule has 0 radical (unpaired) electrons. The van der Waals surface area contributed by atoms with Crippen molar-refractivity contribution in [1.29, 1.82) is 0 Å². The zero-order valence-electron chi connectivity index (χ0n) is 13.5. The van der Waals surface area contributed by atoms with Crippen molar-refractivity contribution < 1.29 is 19.1 Å². The summed E-state index contributed by atoms with van der Waals surface area (Å²) in [6.07, 6.45) is 5.11. The Morgan fingerprint density at radius 1 is 1.33 bits per heavy atom. The first-order valence-corrected chi connectivity index (χ1v) is 7.78. The minimum atomic E-state index is -0.556. The number of ether oxygens (including phenoxy) is 2. The maximum Gasteiger partial charge on any atom is 0.329 e. The standard InChI is InChI=1S/C16H27NO4/c1-5-20-14-8-7-11-17(15(14)18)13(10-9-12(3)4)16(19)21-6-2/h7,11-14H,5-6,8-10H2,1-4H3. The van der Waals surface area contributed by atoms with E-state index in [2.05, 4.69) is 13.8 Å². The van der Waals surface area contributed by atoms with Crippen LogP contribution in [0.3, 0.4) is 0 Å². The van der Waals surface area contributed by atoms with E-state index in [0.29, 0.717) is 32.0 Å². The molecule has 0 saturated carbocycles. The second kappa shape index (κ2) is 8.82. The maximum atomic E-state index is 12.5. The smallest absolute Gasteiger partial charge is 0.329 e. The fraction of sp³-hybridized carbons (Fsp3) is 0.750. The molecule has 0 bridgehead atoms. The molecule has 1 heterocycles. The van der Waals surface area contributed by atoms with Crippen LogP contribution in [0.2, 0.25) is 0 Å². The molecule has 0 aromatic heterocycles. The first kappa shape index (κ1) is 17.7. The van der Waals surface area contributed by atoms with Gasteiger partial charge in [0.2, 0.25) is 0 Å². The quantitative estimate of drug-likeness (QED) is 0.646. The number of carbonyl (C=O) groups excluding carboxylic acids is 2. The lowest BCUT2D eigenvalue weighted by Crippen LogP contribution is -2.49. The molecule has 1 amide bonds. The molecule has 0 aromatic carbocycles. The zero-order valence-corrected chi connectivity index (χ0v) is 13.5. The molecule has 0 aliphatic carbocycles. The molecular weight excluding hydrogens is 270 g/mol. The second-order valence-electron chi connectivity index (χ2n) is 5.55. The van der Waals surface area contributed by atoms with Crippen molar-refractivity contribution in [1.82, 2.24) is 4.90 Å². The number of amides is 1. The summed E-state index contributed by atoms with van der Waals surface area (Å²) in [7, 11) is 0. The zero-order chi connectivity index (χ0) is 15.8. The SMILES string of the molecule is CCOC(=O)C(CCC(C)C)N1C=CCC(OCC)C1=O. The van der Waals surface area contributed by atoms with Crippen molar-refractivity contribution in [2.75, 3.05) is 13.2 Å². The van der Waals surface area contributed by atoms with Gasteiger partial charge in [0.15, 0.2) is 0 Å². The van der Waals surface area contributed by atoms with E-state index in [4.69, 9.17) is 9.47 Å². The molecule has 0 saturated heterocycles. The maximum absolute atomic E-state index is 12.5. The molecule has 1 aliphatic rings. The Labute approximate surface area is 127 Å². The molecule has 21 heavy (non-hydrogen) atoms. The molecule has 0 fully saturated rings. The average Bonchev–Trinajstić information content (AvgIpc) is 2.43. The van der Waals surface area contributed by atoms with Crippen LogP contribution in [0.15, 0.2) is 12.3 Å². The van der Waals surface area contributed by atoms with Crippen LogP contribution in [0.1, 0.15) is 47.0 Å². The first-order valence-electron chi connectivity index (χ1n) is 7.78. The molecule has 5 nitrogen and oxygen atoms in total. The van der Waals surface area contributed by atoms with Gasteiger partial charge in [0, 0.05) is 19.2 Å². The van der Waals surface area contributed by atoms with Gasteiger partial charge in [0.1, 0.15) is 12.1 Å². The van der Waals surface area contributed by atoms with E-state index in [9.17, 15) is 9.59 Å². The molecule has 1 aliphatic heterocycles. The van der Waals surface area contributed by atoms with Crippen molar-refractivity contribution in [3.8, 4) is 0 Å². The van der Waals surface area contributed by atoms with Crippen LogP contribution in [0.25, 0.3) is 0 Å². The summed E-state index contributed by atoms with van der Waals surface area (Å²) in [4.78, 5) is 26.1. The van der Waals surface area contributed by atoms with E-state index < -0.39 is 12.1 Å². The topological polar surface area (TPSA) is 55.8 Å². The lowest BCUT2D eigenvalue weighted by molar-refractivity contribution is -0.157. The van der Waals surface area contributed by atoms with Crippen molar-refractivity contribution in [2.24, 2.45) is 5.92 Å². The third-order valence-electron chi connectivity index (χ3n) is 3.43. The van der Waals surface area contributed by atoms with Gasteiger partial charge in [0.25, 0.3) is 5.91 Å². The minimum Gasteiger partial charge on any atom is -0.464 e. The molecule has 0 N–H and O–H groups in total. The lowest BCUT2D eigenvalue weighted by atomic mass is 10.0. The van der Waals surface area contributed by atoms with Gasteiger partial charge >= 0.3 is 5.97 Å². The first-order chi connectivity index (χ1) is 10.0. The van der Waals surface area contributed by atoms with Crippen LogP contribution in [0.5, 0.6) is 0 Å². The van der Waals surface area contributed by atoms with Gasteiger partial charge in [-0.3, -0.25) is 4.79 Å². The summed E-state index contributed by atoms with van der Waals surface area (Å²) in [5.74, 6) is -0.0251. The number of esters is 1. The Hall–Kier alpha value is -1.36. The number of rotatable bonds is 8. The highest BCUT2D eigenvalue weighted by Gasteiger charge is 2.35. The molecule has 0 spiro atoms. The van der Waals surface area contributed by atoms with Crippen molar-refractivity contribution in [2.45, 2.75) is 59.1 Å². The largest absolute Gasteiger partial charge is 0.464 e. The normalized spacial score (nSPS) is 20.0. The third kappa shape index (κ3) is 5.16. The number of nitrogens with zero attached hydrogens (tertiary/aromatic N) is 1. The fourth-order valence-corrected chi connectivity index (χ4v) is 2.34. The highest BCUT2D eigenvalue weighted by Crippen LogP contribution is 2.20. The highest BCUT2D eigenvalue weighted by molar-refractivity contribution is 5.88. The average molecular weight is 297 g/mol. The molecule has 5 heteroatoms. The number of hydrogen-bond donors (Lipinski definition) is 0. The van der Waals surface area contributed by atoms with Crippen molar-refractivity contribution in [3.05, 3.63) is 12.3 Å². The molecule has 2 unspecified atom stereocenters. The van der Waals surface area contributed by atoms with Crippen LogP contribution >= 0.6 is 0 Å². The molecule has 2 atom stereocenters. The van der Waals surface area contributed by atoms with E-state index in [1.165, 1.54) is 4.90 Å². The van der Waals surface area contributed by atoms with E-state index >= 15 is 0 Å². The summed E-state index contributed by atoms with van der Waals surface area (Å²) < 4.78 is 10.6. The summed E-state index contributed by atoms with van der Waals surface area (Å²) in [5.41, 5.74) is 0. The Bertz CT molecular complexity index is 378. The summed E-state index contributed by atoms with van der Waals surface area (Å²) in [6.45, 7) is 8.62. The molecule has 1 rings (SSSR count). The van der Waals surface area contributed by atoms with Crippen LogP contribution in [0.4, 0.5) is 0 Å². The van der Waals surface area contributed by atoms with Crippen LogP contribution < -0.4 is 0 Å². The van der Waals surface area contributed by atoms with E-state index in [1.54, 1.807) is 13.1 Å². The van der Waals surface area contributed by atoms with Crippen LogP contribution in [-0.2, 0) is 19.1 Å². The van der Waals surface area contributed by atoms with Gasteiger partial charge in [0.05, 0.1) is 6.61 Å². The van der Waals surface area contributed by atoms with Crippen LogP contribution in [-0.4, -0.2) is 42.1 Å². The molecule has 0 aromatic rings. The van der Waals surface area contributed by atoms with Gasteiger partial charge < -0.3 is 14.4 Å². The minimum absolute atomic E-state index is 0.152. The predicted octanol–water partition coefficient (Wildman–Crippen LogP) is 2.51. The second-order valence-corrected chi connectivity index (χ2v) is 5.55. The highest BCUT2D eigenvalue weighted by atomic mass is 16.5. The lowest BCUT2D eigenvalue weighted by Gasteiger charge is -2.33. The molecule has 120 valence electrons. The summed E-state index contributed by atoms with van der Waals surface area (Å²) in [5, 5.41) is 0. The third-order valence-corrected chi connectivity index (χ3v) is 3.43. The number of hydrogen-bond acceptors (Lipinski definition) is 4. The van der Waals surface area contributed by atoms with Crippen molar-refractivity contribution >= 4 is 11.9 Å². The van der Waals surface area contributed by atoms with Crippen molar-refractivity contribution in [3.63, 3.8) is 0 Å². The Kier molecular flexibility index (Phi) is 7.43. The number of carbonyl (C=O) groups is 2. The fourth-order valence-electron chi connectivity index (χ4n) is 2.34. The van der Waals surface area contributed by atoms with E-state index in [1.807, 2.05) is 13.0 Å².